The summed E-state index contributed by atoms with van der Waals surface area (Å²) >= 11 is 4.88. The number of ketones is 1. The molecule has 1 heterocycles. The first-order valence-corrected chi connectivity index (χ1v) is 12.1. The van der Waals surface area contributed by atoms with Crippen LogP contribution in [0.1, 0.15) is 45.4 Å². The predicted octanol–water partition coefficient (Wildman–Crippen LogP) is 5.06. The number of Topliss-reactive ketones (excluding diaryl/α,β-unsaturated/α-hetero) is 1. The fourth-order valence-corrected chi connectivity index (χ4v) is 7.76. The molecule has 0 atom stereocenters. The first kappa shape index (κ1) is 18.9. The summed E-state index contributed by atoms with van der Waals surface area (Å²) in [6, 6.07) is 5.59. The first-order chi connectivity index (χ1) is 13.5. The van der Waals surface area contributed by atoms with Crippen LogP contribution in [0.2, 0.25) is 0 Å². The van der Waals surface area contributed by atoms with Gasteiger partial charge in [0.15, 0.2) is 5.16 Å². The van der Waals surface area contributed by atoms with Gasteiger partial charge < -0.3 is 0 Å². The fourth-order valence-electron chi connectivity index (χ4n) is 6.30. The number of aromatic nitrogens is 2. The molecule has 0 radical (unpaired) electrons. The standard InChI is InChI=1S/C22H25BrN2O2S/c1-2-25-20(27)17-8-16(23)3-4-18(17)24-21(25)28-12-19(26)22-9-13-5-14(10-22)7-15(6-13)11-22/h3-4,8,13-15H,2,5-7,9-12H2,1H3. The average Bonchev–Trinajstić information content (AvgIpc) is 2.65. The summed E-state index contributed by atoms with van der Waals surface area (Å²) in [7, 11) is 0. The molecule has 6 rings (SSSR count). The van der Waals surface area contributed by atoms with E-state index in [9.17, 15) is 9.59 Å². The van der Waals surface area contributed by atoms with Crippen LogP contribution in [0.5, 0.6) is 0 Å². The molecular formula is C22H25BrN2O2S. The Morgan fingerprint density at radius 2 is 1.86 bits per heavy atom. The highest BCUT2D eigenvalue weighted by atomic mass is 79.9. The zero-order valence-corrected chi connectivity index (χ0v) is 18.5. The molecule has 0 aliphatic heterocycles. The molecule has 0 spiro atoms. The number of rotatable bonds is 5. The lowest BCUT2D eigenvalue weighted by molar-refractivity contribution is -0.141. The van der Waals surface area contributed by atoms with Crippen LogP contribution in [0.25, 0.3) is 10.9 Å². The van der Waals surface area contributed by atoms with E-state index >= 15 is 0 Å². The Labute approximate surface area is 177 Å². The van der Waals surface area contributed by atoms with E-state index in [0.717, 1.165) is 41.5 Å². The van der Waals surface area contributed by atoms with Gasteiger partial charge in [-0.1, -0.05) is 27.7 Å². The quantitative estimate of drug-likeness (QED) is 0.462. The molecule has 1 aromatic heterocycles. The zero-order valence-electron chi connectivity index (χ0n) is 16.1. The van der Waals surface area contributed by atoms with Crippen molar-refractivity contribution < 1.29 is 4.79 Å². The van der Waals surface area contributed by atoms with Crippen molar-refractivity contribution in [3.05, 3.63) is 33.0 Å². The van der Waals surface area contributed by atoms with Crippen molar-refractivity contribution in [2.75, 3.05) is 5.75 Å². The van der Waals surface area contributed by atoms with Gasteiger partial charge in [0, 0.05) is 16.4 Å². The molecule has 0 unspecified atom stereocenters. The normalized spacial score (nSPS) is 30.9. The number of carbonyl (C=O) groups is 1. The summed E-state index contributed by atoms with van der Waals surface area (Å²) in [6.45, 7) is 2.51. The SMILES string of the molecule is CCn1c(SCC(=O)C23CC4CC(CC(C4)C2)C3)nc2ccc(Br)cc2c1=O. The van der Waals surface area contributed by atoms with Gasteiger partial charge in [-0.15, -0.1) is 0 Å². The Balaban J connectivity index is 1.41. The minimum atomic E-state index is -0.0825. The molecule has 1 aromatic carbocycles. The number of fused-ring (bicyclic) bond motifs is 1. The van der Waals surface area contributed by atoms with Gasteiger partial charge >= 0.3 is 0 Å². The predicted molar refractivity (Wildman–Crippen MR) is 116 cm³/mol. The molecule has 4 bridgehead atoms. The van der Waals surface area contributed by atoms with Crippen molar-refractivity contribution in [2.45, 2.75) is 57.1 Å². The van der Waals surface area contributed by atoms with E-state index in [0.29, 0.717) is 34.1 Å². The van der Waals surface area contributed by atoms with Crippen molar-refractivity contribution in [1.82, 2.24) is 9.55 Å². The highest BCUT2D eigenvalue weighted by Crippen LogP contribution is 2.60. The van der Waals surface area contributed by atoms with Crippen LogP contribution in [0.4, 0.5) is 0 Å². The number of benzene rings is 1. The lowest BCUT2D eigenvalue weighted by Gasteiger charge is -2.56. The second kappa shape index (κ2) is 6.98. The second-order valence-electron chi connectivity index (χ2n) is 9.01. The third-order valence-electron chi connectivity index (χ3n) is 7.16. The zero-order chi connectivity index (χ0) is 19.5. The number of hydrogen-bond acceptors (Lipinski definition) is 4. The topological polar surface area (TPSA) is 52.0 Å². The molecule has 148 valence electrons. The number of nitrogens with zero attached hydrogens (tertiary/aromatic N) is 2. The Morgan fingerprint density at radius 1 is 1.21 bits per heavy atom. The molecule has 0 N–H and O–H groups in total. The van der Waals surface area contributed by atoms with Crippen LogP contribution in [-0.2, 0) is 11.3 Å². The number of halogens is 1. The molecule has 28 heavy (non-hydrogen) atoms. The van der Waals surface area contributed by atoms with E-state index < -0.39 is 0 Å². The Bertz CT molecular complexity index is 980. The van der Waals surface area contributed by atoms with Crippen LogP contribution in [0, 0.1) is 23.2 Å². The number of hydrogen-bond donors (Lipinski definition) is 0. The molecule has 4 saturated carbocycles. The summed E-state index contributed by atoms with van der Waals surface area (Å²) < 4.78 is 2.57. The molecular weight excluding hydrogens is 436 g/mol. The summed E-state index contributed by atoms with van der Waals surface area (Å²) in [5.74, 6) is 3.13. The summed E-state index contributed by atoms with van der Waals surface area (Å²) in [4.78, 5) is 30.9. The van der Waals surface area contributed by atoms with Crippen molar-refractivity contribution in [2.24, 2.45) is 23.2 Å². The summed E-state index contributed by atoms with van der Waals surface area (Å²) in [5, 5.41) is 1.29. The second-order valence-corrected chi connectivity index (χ2v) is 10.9. The van der Waals surface area contributed by atoms with Gasteiger partial charge in [0.2, 0.25) is 0 Å². The highest BCUT2D eigenvalue weighted by molar-refractivity contribution is 9.10. The summed E-state index contributed by atoms with van der Waals surface area (Å²) in [5.41, 5.74) is 0.585. The average molecular weight is 461 g/mol. The van der Waals surface area contributed by atoms with Gasteiger partial charge in [0.25, 0.3) is 5.56 Å². The van der Waals surface area contributed by atoms with Crippen LogP contribution in [-0.4, -0.2) is 21.1 Å². The summed E-state index contributed by atoms with van der Waals surface area (Å²) in [6.07, 6.45) is 7.32. The van der Waals surface area contributed by atoms with Crippen molar-refractivity contribution in [3.63, 3.8) is 0 Å². The van der Waals surface area contributed by atoms with Crippen LogP contribution in [0.15, 0.2) is 32.6 Å². The fraction of sp³-hybridized carbons (Fsp3) is 0.591. The van der Waals surface area contributed by atoms with E-state index in [1.165, 1.54) is 31.0 Å². The third-order valence-corrected chi connectivity index (χ3v) is 8.63. The highest BCUT2D eigenvalue weighted by Gasteiger charge is 2.54. The van der Waals surface area contributed by atoms with Gasteiger partial charge in [-0.3, -0.25) is 14.2 Å². The van der Waals surface area contributed by atoms with Gasteiger partial charge in [-0.25, -0.2) is 4.98 Å². The molecule has 4 fully saturated rings. The molecule has 4 nitrogen and oxygen atoms in total. The minimum Gasteiger partial charge on any atom is -0.298 e. The maximum absolute atomic E-state index is 13.3. The monoisotopic (exact) mass is 460 g/mol. The maximum Gasteiger partial charge on any atom is 0.262 e. The van der Waals surface area contributed by atoms with E-state index in [2.05, 4.69) is 15.9 Å². The minimum absolute atomic E-state index is 0.0291. The largest absolute Gasteiger partial charge is 0.298 e. The molecule has 2 aromatic rings. The van der Waals surface area contributed by atoms with E-state index in [4.69, 9.17) is 4.98 Å². The lowest BCUT2D eigenvalue weighted by atomic mass is 9.48. The molecule has 4 aliphatic rings. The first-order valence-electron chi connectivity index (χ1n) is 10.3. The van der Waals surface area contributed by atoms with Crippen molar-refractivity contribution in [1.29, 1.82) is 0 Å². The van der Waals surface area contributed by atoms with Crippen LogP contribution in [0.3, 0.4) is 0 Å². The van der Waals surface area contributed by atoms with Crippen LogP contribution >= 0.6 is 27.7 Å². The molecule has 4 aliphatic carbocycles. The van der Waals surface area contributed by atoms with E-state index in [1.807, 2.05) is 25.1 Å². The number of thioether (sulfide) groups is 1. The molecule has 0 amide bonds. The van der Waals surface area contributed by atoms with Crippen LogP contribution < -0.4 is 5.56 Å². The Morgan fingerprint density at radius 3 is 2.46 bits per heavy atom. The Kier molecular flexibility index (Phi) is 4.70. The van der Waals surface area contributed by atoms with Gasteiger partial charge in [0.1, 0.15) is 5.78 Å². The molecule has 6 heteroatoms. The van der Waals surface area contributed by atoms with E-state index in [-0.39, 0.29) is 11.0 Å². The number of carbonyl (C=O) groups excluding carboxylic acids is 1. The maximum atomic E-state index is 13.3. The van der Waals surface area contributed by atoms with Gasteiger partial charge in [0.05, 0.1) is 16.7 Å². The lowest BCUT2D eigenvalue weighted by Crippen LogP contribution is -2.50. The van der Waals surface area contributed by atoms with E-state index in [1.54, 1.807) is 4.57 Å². The Hall–Kier alpha value is -1.14. The van der Waals surface area contributed by atoms with Crippen molar-refractivity contribution in [3.8, 4) is 0 Å². The smallest absolute Gasteiger partial charge is 0.262 e. The molecule has 0 saturated heterocycles. The van der Waals surface area contributed by atoms with Gasteiger partial charge in [-0.05, 0) is 81.4 Å². The van der Waals surface area contributed by atoms with Crippen molar-refractivity contribution >= 4 is 44.4 Å². The third kappa shape index (κ3) is 3.07. The van der Waals surface area contributed by atoms with Gasteiger partial charge in [-0.2, -0.15) is 0 Å².